The van der Waals surface area contributed by atoms with Crippen molar-refractivity contribution in [1.82, 2.24) is 25.2 Å². The number of fused-ring (bicyclic) bond motifs is 2. The molecule has 4 heterocycles. The lowest BCUT2D eigenvalue weighted by molar-refractivity contribution is -0.122. The number of anilines is 1. The molecule has 23 heavy (non-hydrogen) atoms. The third-order valence-corrected chi connectivity index (χ3v) is 5.07. The Morgan fingerprint density at radius 2 is 2.22 bits per heavy atom. The van der Waals surface area contributed by atoms with Gasteiger partial charge in [0.05, 0.1) is 17.3 Å². The lowest BCUT2D eigenvalue weighted by Gasteiger charge is -2.25. The number of nitrogens with one attached hydrogen (secondary N) is 2. The molecule has 0 aromatic carbocycles. The fourth-order valence-corrected chi connectivity index (χ4v) is 3.76. The first-order valence-corrected chi connectivity index (χ1v) is 7.90. The van der Waals surface area contributed by atoms with Gasteiger partial charge in [0.25, 0.3) is 0 Å². The van der Waals surface area contributed by atoms with Gasteiger partial charge in [0, 0.05) is 31.5 Å². The summed E-state index contributed by atoms with van der Waals surface area (Å²) >= 11 is 0. The zero-order valence-electron chi connectivity index (χ0n) is 12.4. The van der Waals surface area contributed by atoms with Gasteiger partial charge < -0.3 is 10.2 Å². The molecule has 5 rings (SSSR count). The molecule has 8 nitrogen and oxygen atoms in total. The normalized spacial score (nSPS) is 29.4. The van der Waals surface area contributed by atoms with Crippen LogP contribution >= 0.6 is 0 Å². The van der Waals surface area contributed by atoms with Crippen molar-refractivity contribution < 1.29 is 9.59 Å². The lowest BCUT2D eigenvalue weighted by atomic mass is 10.0. The molecule has 2 saturated heterocycles. The summed E-state index contributed by atoms with van der Waals surface area (Å²) in [5, 5.41) is 9.49. The number of hydrogen-bond acceptors (Lipinski definition) is 5. The molecule has 0 spiro atoms. The van der Waals surface area contributed by atoms with Crippen LogP contribution in [0.2, 0.25) is 0 Å². The van der Waals surface area contributed by atoms with E-state index in [9.17, 15) is 9.59 Å². The van der Waals surface area contributed by atoms with Crippen LogP contribution in [0.5, 0.6) is 0 Å². The molecule has 2 aromatic rings. The summed E-state index contributed by atoms with van der Waals surface area (Å²) in [6.45, 7) is 1.29. The topological polar surface area (TPSA) is 91.6 Å². The van der Waals surface area contributed by atoms with Gasteiger partial charge in [0.15, 0.2) is 5.65 Å². The highest BCUT2D eigenvalue weighted by Gasteiger charge is 2.47. The average molecular weight is 312 g/mol. The first kappa shape index (κ1) is 12.9. The molecule has 3 atom stereocenters. The molecule has 3 amide bonds. The van der Waals surface area contributed by atoms with Crippen molar-refractivity contribution in [3.63, 3.8) is 0 Å². The smallest absolute Gasteiger partial charge is 0.321 e. The van der Waals surface area contributed by atoms with Crippen molar-refractivity contribution >= 4 is 23.3 Å². The molecule has 3 fully saturated rings. The van der Waals surface area contributed by atoms with Crippen molar-refractivity contribution in [3.8, 4) is 0 Å². The fraction of sp³-hybridized carbons (Fsp3) is 0.467. The highest BCUT2D eigenvalue weighted by Crippen LogP contribution is 2.47. The van der Waals surface area contributed by atoms with E-state index < -0.39 is 11.9 Å². The zero-order valence-corrected chi connectivity index (χ0v) is 12.4. The van der Waals surface area contributed by atoms with Crippen molar-refractivity contribution in [2.45, 2.75) is 24.8 Å². The number of piperidine rings is 1. The number of nitrogens with zero attached hydrogens (tertiary/aromatic N) is 4. The van der Waals surface area contributed by atoms with Crippen molar-refractivity contribution in [3.05, 3.63) is 24.2 Å². The predicted molar refractivity (Wildman–Crippen MR) is 81.1 cm³/mol. The van der Waals surface area contributed by atoms with E-state index in [0.717, 1.165) is 23.8 Å². The molecule has 1 aliphatic carbocycles. The maximum atomic E-state index is 12.1. The summed E-state index contributed by atoms with van der Waals surface area (Å²) in [5.41, 5.74) is 2.52. The van der Waals surface area contributed by atoms with Crippen molar-refractivity contribution in [1.29, 1.82) is 0 Å². The Balaban J connectivity index is 1.59. The van der Waals surface area contributed by atoms with E-state index in [-0.39, 0.29) is 12.5 Å². The number of rotatable bonds is 2. The molecular formula is C15H16N6O2. The fourth-order valence-electron chi connectivity index (χ4n) is 3.76. The van der Waals surface area contributed by atoms with Crippen LogP contribution in [0.3, 0.4) is 0 Å². The Morgan fingerprint density at radius 1 is 1.30 bits per heavy atom. The summed E-state index contributed by atoms with van der Waals surface area (Å²) in [5.74, 6) is 0.0205. The molecule has 1 saturated carbocycles. The maximum Gasteiger partial charge on any atom is 0.321 e. The van der Waals surface area contributed by atoms with Gasteiger partial charge in [0.2, 0.25) is 5.91 Å². The third-order valence-electron chi connectivity index (χ3n) is 5.07. The molecule has 0 radical (unpaired) electrons. The van der Waals surface area contributed by atoms with Gasteiger partial charge in [0.1, 0.15) is 0 Å². The van der Waals surface area contributed by atoms with E-state index in [2.05, 4.69) is 25.6 Å². The first-order valence-electron chi connectivity index (χ1n) is 7.90. The number of aromatic nitrogens is 3. The predicted octanol–water partition coefficient (Wildman–Crippen LogP) is 0.251. The summed E-state index contributed by atoms with van der Waals surface area (Å²) in [7, 11) is 0. The summed E-state index contributed by atoms with van der Waals surface area (Å²) < 4.78 is 1.73. The average Bonchev–Trinajstić information content (AvgIpc) is 2.96. The largest absolute Gasteiger partial charge is 0.365 e. The van der Waals surface area contributed by atoms with Gasteiger partial charge in [-0.05, 0) is 24.8 Å². The van der Waals surface area contributed by atoms with E-state index in [0.29, 0.717) is 11.7 Å². The molecule has 2 aromatic heterocycles. The van der Waals surface area contributed by atoms with Crippen LogP contribution in [0.4, 0.5) is 10.5 Å². The van der Waals surface area contributed by atoms with E-state index in [1.807, 2.05) is 6.07 Å². The molecule has 3 aliphatic rings. The summed E-state index contributed by atoms with van der Waals surface area (Å²) in [6, 6.07) is 2.12. The summed E-state index contributed by atoms with van der Waals surface area (Å²) in [4.78, 5) is 30.2. The quantitative estimate of drug-likeness (QED) is 0.829. The van der Waals surface area contributed by atoms with Crippen LogP contribution in [-0.2, 0) is 4.79 Å². The van der Waals surface area contributed by atoms with Crippen LogP contribution in [0.25, 0.3) is 5.65 Å². The summed E-state index contributed by atoms with van der Waals surface area (Å²) in [6.07, 6.45) is 5.97. The second-order valence-corrected chi connectivity index (χ2v) is 6.45. The Bertz CT molecular complexity index is 830. The lowest BCUT2D eigenvalue weighted by Crippen LogP contribution is -2.51. The van der Waals surface area contributed by atoms with Gasteiger partial charge in [-0.25, -0.2) is 14.3 Å². The van der Waals surface area contributed by atoms with Crippen LogP contribution in [0, 0.1) is 5.92 Å². The minimum absolute atomic E-state index is 0.267. The molecule has 3 unspecified atom stereocenters. The van der Waals surface area contributed by atoms with Gasteiger partial charge in [-0.15, -0.1) is 0 Å². The molecule has 2 aliphatic heterocycles. The second kappa shape index (κ2) is 4.43. The molecular weight excluding hydrogens is 296 g/mol. The van der Waals surface area contributed by atoms with E-state index in [4.69, 9.17) is 0 Å². The third kappa shape index (κ3) is 1.90. The van der Waals surface area contributed by atoms with Gasteiger partial charge in [-0.2, -0.15) is 5.10 Å². The Labute approximate surface area is 131 Å². The monoisotopic (exact) mass is 312 g/mol. The second-order valence-electron chi connectivity index (χ2n) is 6.45. The van der Waals surface area contributed by atoms with Crippen molar-refractivity contribution in [2.75, 3.05) is 18.0 Å². The maximum absolute atomic E-state index is 12.1. The highest BCUT2D eigenvalue weighted by atomic mass is 16.2. The van der Waals surface area contributed by atoms with E-state index in [1.54, 1.807) is 16.9 Å². The number of carbonyl (C=O) groups excluding carboxylic acids is 2. The van der Waals surface area contributed by atoms with E-state index in [1.165, 1.54) is 12.8 Å². The molecule has 8 heteroatoms. The number of hydrogen-bond donors (Lipinski definition) is 2. The van der Waals surface area contributed by atoms with E-state index >= 15 is 0 Å². The van der Waals surface area contributed by atoms with Crippen LogP contribution in [0.1, 0.15) is 24.5 Å². The number of urea groups is 1. The zero-order chi connectivity index (χ0) is 15.6. The Kier molecular flexibility index (Phi) is 2.48. The first-order chi connectivity index (χ1) is 11.2. The molecule has 0 bridgehead atoms. The standard InChI is InChI=1S/C15H16N6O2/c22-14-9(7-17-15(23)18-14)10-6-12(13-16-2-4-21(13)19-10)20-3-1-8-5-11(8)20/h2,4,6,8-9,11H,1,3,5,7H2,(H2,17,18,22,23). The minimum atomic E-state index is -0.476. The molecule has 2 N–H and O–H groups in total. The number of imide groups is 1. The number of amides is 3. The highest BCUT2D eigenvalue weighted by molar-refractivity contribution is 6.00. The molecule has 118 valence electrons. The number of imidazole rings is 1. The van der Waals surface area contributed by atoms with Gasteiger partial charge >= 0.3 is 6.03 Å². The SMILES string of the molecule is O=C1NCC(c2cc(N3CCC4CC43)c3nccn3n2)C(=O)N1. The van der Waals surface area contributed by atoms with Crippen molar-refractivity contribution in [2.24, 2.45) is 5.92 Å². The number of carbonyl (C=O) groups is 2. The Morgan fingerprint density at radius 3 is 2.96 bits per heavy atom. The van der Waals surface area contributed by atoms with Crippen LogP contribution in [-0.4, -0.2) is 45.7 Å². The minimum Gasteiger partial charge on any atom is -0.365 e. The van der Waals surface area contributed by atoms with Crippen LogP contribution < -0.4 is 15.5 Å². The van der Waals surface area contributed by atoms with Gasteiger partial charge in [-0.1, -0.05) is 0 Å². The Hall–Kier alpha value is -2.64. The van der Waals surface area contributed by atoms with Gasteiger partial charge in [-0.3, -0.25) is 10.1 Å². The van der Waals surface area contributed by atoms with Crippen LogP contribution in [0.15, 0.2) is 18.5 Å².